The monoisotopic (exact) mass is 625 g/mol. The maximum atomic E-state index is 14.0. The average molecular weight is 626 g/mol. The minimum atomic E-state index is -3.55. The number of nitrogens with one attached hydrogen (secondary N) is 2. The van der Waals surface area contributed by atoms with Crippen molar-refractivity contribution in [3.05, 3.63) is 131 Å². The van der Waals surface area contributed by atoms with E-state index in [1.54, 1.807) is 36.3 Å². The Morgan fingerprint density at radius 3 is 2.00 bits per heavy atom. The zero-order valence-corrected chi connectivity index (χ0v) is 26.2. The van der Waals surface area contributed by atoms with Crippen molar-refractivity contribution in [3.8, 4) is 5.75 Å². The Kier molecular flexibility index (Phi) is 10.7. The van der Waals surface area contributed by atoms with Gasteiger partial charge in [0.1, 0.15) is 11.8 Å². The topological polar surface area (TPSA) is 105 Å². The molecule has 2 amide bonds. The number of nitrogens with zero attached hydrogens (tertiary/aromatic N) is 1. The lowest BCUT2D eigenvalue weighted by molar-refractivity contribution is -0.141. The van der Waals surface area contributed by atoms with Crippen LogP contribution in [0.4, 0.5) is 0 Å². The van der Waals surface area contributed by atoms with Gasteiger partial charge in [-0.3, -0.25) is 9.59 Å². The van der Waals surface area contributed by atoms with Gasteiger partial charge in [0, 0.05) is 32.0 Å². The predicted octanol–water partition coefficient (Wildman–Crippen LogP) is 5.03. The number of hydrogen-bond acceptors (Lipinski definition) is 5. The molecule has 1 aliphatic rings. The second-order valence-corrected chi connectivity index (χ2v) is 13.0. The van der Waals surface area contributed by atoms with Crippen LogP contribution in [0, 0.1) is 0 Å². The van der Waals surface area contributed by atoms with Gasteiger partial charge in [-0.15, -0.1) is 0 Å². The summed E-state index contributed by atoms with van der Waals surface area (Å²) in [5.41, 5.74) is 3.63. The number of methoxy groups -OCH3 is 1. The zero-order chi connectivity index (χ0) is 31.6. The Bertz CT molecular complexity index is 1660. The van der Waals surface area contributed by atoms with Crippen molar-refractivity contribution in [2.24, 2.45) is 0 Å². The Morgan fingerprint density at radius 1 is 0.800 bits per heavy atom. The molecule has 1 atom stereocenters. The molecule has 0 radical (unpaired) electrons. The molecule has 0 bridgehead atoms. The molecule has 0 unspecified atom stereocenters. The molecule has 1 saturated carbocycles. The molecule has 9 heteroatoms. The fourth-order valence-corrected chi connectivity index (χ4v) is 6.41. The quantitative estimate of drug-likeness (QED) is 0.193. The maximum Gasteiger partial charge on any atom is 0.243 e. The number of carbonyl (C=O) groups is 2. The number of rotatable bonds is 15. The van der Waals surface area contributed by atoms with E-state index in [0.29, 0.717) is 19.4 Å². The first-order valence-electron chi connectivity index (χ1n) is 15.2. The standard InChI is InChI=1S/C36H39N3O5S/c1-44-32-19-12-29(13-20-32)25-37-36(41)34(24-28-8-4-2-5-9-28)39(26-30-10-6-3-7-11-30)35(40)23-16-27-14-21-33(22-15-27)45(42,43)38-31-17-18-31/h2-15,19-22,31,34,38H,16-18,23-26H2,1H3,(H,37,41)/t34-/m1/s1. The molecule has 0 spiro atoms. The molecule has 1 fully saturated rings. The zero-order valence-electron chi connectivity index (χ0n) is 25.4. The lowest BCUT2D eigenvalue weighted by Crippen LogP contribution is -2.50. The molecule has 0 aromatic heterocycles. The summed E-state index contributed by atoms with van der Waals surface area (Å²) in [6, 6.07) is 32.8. The molecule has 0 heterocycles. The normalized spacial score (nSPS) is 13.5. The molecule has 45 heavy (non-hydrogen) atoms. The van der Waals surface area contributed by atoms with Crippen LogP contribution in [0.25, 0.3) is 0 Å². The van der Waals surface area contributed by atoms with Crippen molar-refractivity contribution < 1.29 is 22.7 Å². The van der Waals surface area contributed by atoms with E-state index in [2.05, 4.69) is 10.0 Å². The van der Waals surface area contributed by atoms with Gasteiger partial charge in [0.25, 0.3) is 0 Å². The first-order valence-corrected chi connectivity index (χ1v) is 16.7. The van der Waals surface area contributed by atoms with E-state index in [1.807, 2.05) is 84.9 Å². The van der Waals surface area contributed by atoms with Gasteiger partial charge in [-0.1, -0.05) is 84.9 Å². The van der Waals surface area contributed by atoms with E-state index < -0.39 is 16.1 Å². The van der Waals surface area contributed by atoms with Gasteiger partial charge in [0.05, 0.1) is 12.0 Å². The van der Waals surface area contributed by atoms with Crippen molar-refractivity contribution in [3.63, 3.8) is 0 Å². The fourth-order valence-electron chi connectivity index (χ4n) is 5.10. The van der Waals surface area contributed by atoms with Gasteiger partial charge in [-0.05, 0) is 65.8 Å². The van der Waals surface area contributed by atoms with Crippen molar-refractivity contribution in [1.82, 2.24) is 14.9 Å². The van der Waals surface area contributed by atoms with Crippen LogP contribution in [0.5, 0.6) is 5.75 Å². The molecular weight excluding hydrogens is 586 g/mol. The van der Waals surface area contributed by atoms with Gasteiger partial charge in [-0.2, -0.15) is 0 Å². The SMILES string of the molecule is COc1ccc(CNC(=O)[C@@H](Cc2ccccc2)N(Cc2ccccc2)C(=O)CCc2ccc(S(=O)(=O)NC3CC3)cc2)cc1. The van der Waals surface area contributed by atoms with Crippen molar-refractivity contribution in [1.29, 1.82) is 0 Å². The Morgan fingerprint density at radius 2 is 1.40 bits per heavy atom. The third kappa shape index (κ3) is 9.26. The third-order valence-electron chi connectivity index (χ3n) is 7.85. The van der Waals surface area contributed by atoms with Crippen molar-refractivity contribution >= 4 is 21.8 Å². The number of hydrogen-bond donors (Lipinski definition) is 2. The van der Waals surface area contributed by atoms with Gasteiger partial charge >= 0.3 is 0 Å². The van der Waals surface area contributed by atoms with E-state index in [4.69, 9.17) is 4.74 Å². The number of benzene rings is 4. The summed E-state index contributed by atoms with van der Waals surface area (Å²) >= 11 is 0. The first kappa shape index (κ1) is 31.9. The van der Waals surface area contributed by atoms with Crippen LogP contribution in [0.1, 0.15) is 41.5 Å². The molecule has 4 aromatic rings. The van der Waals surface area contributed by atoms with E-state index in [9.17, 15) is 18.0 Å². The van der Waals surface area contributed by atoms with Crippen LogP contribution in [-0.2, 0) is 45.5 Å². The number of carbonyl (C=O) groups excluding carboxylic acids is 2. The molecule has 0 saturated heterocycles. The van der Waals surface area contributed by atoms with Crippen molar-refractivity contribution in [2.75, 3.05) is 7.11 Å². The summed E-state index contributed by atoms with van der Waals surface area (Å²) in [6.07, 6.45) is 2.66. The van der Waals surface area contributed by atoms with Gasteiger partial charge < -0.3 is 15.0 Å². The first-order chi connectivity index (χ1) is 21.8. The maximum absolute atomic E-state index is 14.0. The van der Waals surface area contributed by atoms with Gasteiger partial charge in [-0.25, -0.2) is 13.1 Å². The molecule has 5 rings (SSSR count). The molecule has 1 aliphatic carbocycles. The summed E-state index contributed by atoms with van der Waals surface area (Å²) in [4.78, 5) is 29.7. The second kappa shape index (κ2) is 15.0. The second-order valence-electron chi connectivity index (χ2n) is 11.3. The molecule has 2 N–H and O–H groups in total. The minimum absolute atomic E-state index is 0.0279. The smallest absolute Gasteiger partial charge is 0.243 e. The largest absolute Gasteiger partial charge is 0.497 e. The number of aryl methyl sites for hydroxylation is 1. The summed E-state index contributed by atoms with van der Waals surface area (Å²) in [5, 5.41) is 3.05. The van der Waals surface area contributed by atoms with E-state index in [0.717, 1.165) is 40.8 Å². The number of ether oxygens (including phenoxy) is 1. The van der Waals surface area contributed by atoms with Gasteiger partial charge in [0.15, 0.2) is 0 Å². The molecule has 4 aromatic carbocycles. The highest BCUT2D eigenvalue weighted by molar-refractivity contribution is 7.89. The predicted molar refractivity (Wildman–Crippen MR) is 174 cm³/mol. The van der Waals surface area contributed by atoms with Crippen LogP contribution in [0.2, 0.25) is 0 Å². The number of sulfonamides is 1. The van der Waals surface area contributed by atoms with E-state index in [1.165, 1.54) is 0 Å². The summed E-state index contributed by atoms with van der Waals surface area (Å²) in [7, 11) is -1.94. The lowest BCUT2D eigenvalue weighted by atomic mass is 10.0. The Labute approximate surface area is 265 Å². The lowest BCUT2D eigenvalue weighted by Gasteiger charge is -2.31. The van der Waals surface area contributed by atoms with Crippen LogP contribution in [0.3, 0.4) is 0 Å². The summed E-state index contributed by atoms with van der Waals surface area (Å²) in [5.74, 6) is 0.334. The Balaban J connectivity index is 1.34. The molecular formula is C36H39N3O5S. The van der Waals surface area contributed by atoms with Crippen LogP contribution < -0.4 is 14.8 Å². The van der Waals surface area contributed by atoms with Gasteiger partial charge in [0.2, 0.25) is 21.8 Å². The highest BCUT2D eigenvalue weighted by atomic mass is 32.2. The molecule has 0 aliphatic heterocycles. The summed E-state index contributed by atoms with van der Waals surface area (Å²) < 4.78 is 33.1. The van der Waals surface area contributed by atoms with E-state index in [-0.39, 0.29) is 35.7 Å². The van der Waals surface area contributed by atoms with Crippen molar-refractivity contribution in [2.45, 2.75) is 62.2 Å². The third-order valence-corrected chi connectivity index (χ3v) is 9.39. The highest BCUT2D eigenvalue weighted by Crippen LogP contribution is 2.23. The molecule has 234 valence electrons. The molecule has 8 nitrogen and oxygen atoms in total. The Hall–Kier alpha value is -4.47. The number of amides is 2. The minimum Gasteiger partial charge on any atom is -0.497 e. The van der Waals surface area contributed by atoms with Crippen LogP contribution in [0.15, 0.2) is 114 Å². The van der Waals surface area contributed by atoms with Crippen LogP contribution >= 0.6 is 0 Å². The fraction of sp³-hybridized carbons (Fsp3) is 0.278. The summed E-state index contributed by atoms with van der Waals surface area (Å²) in [6.45, 7) is 0.587. The van der Waals surface area contributed by atoms with Crippen LogP contribution in [-0.4, -0.2) is 44.3 Å². The highest BCUT2D eigenvalue weighted by Gasteiger charge is 2.31. The average Bonchev–Trinajstić information content (AvgIpc) is 3.89. The van der Waals surface area contributed by atoms with E-state index >= 15 is 0 Å².